The molecule has 4 rings (SSSR count). The number of hydrogen-bond donors (Lipinski definition) is 0. The summed E-state index contributed by atoms with van der Waals surface area (Å²) in [6.45, 7) is 3.88. The molecule has 1 aliphatic rings. The number of nitrogens with zero attached hydrogens (tertiary/aromatic N) is 1. The molecule has 1 aliphatic heterocycles. The molecule has 0 aromatic heterocycles. The van der Waals surface area contributed by atoms with Gasteiger partial charge < -0.3 is 4.74 Å². The van der Waals surface area contributed by atoms with Gasteiger partial charge in [0.15, 0.2) is 5.78 Å². The molecule has 2 atom stereocenters. The molecule has 0 spiro atoms. The SMILES string of the molecule is CCOC(=O)c1ccc(N2C(=O)C(=O)C(C(=O)c3ccccc3)C2c2cccc(C)c2)cc1. The molecule has 166 valence electrons. The topological polar surface area (TPSA) is 80.8 Å². The third-order valence-electron chi connectivity index (χ3n) is 5.69. The van der Waals surface area contributed by atoms with Gasteiger partial charge in [-0.1, -0.05) is 60.2 Å². The number of rotatable bonds is 6. The Morgan fingerprint density at radius 1 is 0.879 bits per heavy atom. The van der Waals surface area contributed by atoms with Crippen LogP contribution in [-0.2, 0) is 14.3 Å². The monoisotopic (exact) mass is 441 g/mol. The zero-order valence-corrected chi connectivity index (χ0v) is 18.4. The molecule has 3 aromatic carbocycles. The Kier molecular flexibility index (Phi) is 6.18. The Morgan fingerprint density at radius 2 is 1.58 bits per heavy atom. The van der Waals surface area contributed by atoms with E-state index in [2.05, 4.69) is 0 Å². The summed E-state index contributed by atoms with van der Waals surface area (Å²) in [6.07, 6.45) is 0. The molecular weight excluding hydrogens is 418 g/mol. The van der Waals surface area contributed by atoms with Crippen LogP contribution >= 0.6 is 0 Å². The molecule has 0 N–H and O–H groups in total. The maximum atomic E-state index is 13.4. The summed E-state index contributed by atoms with van der Waals surface area (Å²) in [4.78, 5) is 53.1. The minimum absolute atomic E-state index is 0.248. The van der Waals surface area contributed by atoms with Crippen LogP contribution in [0.1, 0.15) is 44.8 Å². The quantitative estimate of drug-likeness (QED) is 0.246. The molecule has 33 heavy (non-hydrogen) atoms. The van der Waals surface area contributed by atoms with Gasteiger partial charge in [-0.2, -0.15) is 0 Å². The van der Waals surface area contributed by atoms with E-state index in [4.69, 9.17) is 4.74 Å². The van der Waals surface area contributed by atoms with Crippen molar-refractivity contribution in [3.05, 3.63) is 101 Å². The molecule has 0 aliphatic carbocycles. The van der Waals surface area contributed by atoms with Crippen LogP contribution in [0, 0.1) is 12.8 Å². The Morgan fingerprint density at radius 3 is 2.21 bits per heavy atom. The van der Waals surface area contributed by atoms with E-state index in [9.17, 15) is 19.2 Å². The second kappa shape index (κ2) is 9.20. The van der Waals surface area contributed by atoms with Crippen LogP contribution in [0.3, 0.4) is 0 Å². The smallest absolute Gasteiger partial charge is 0.338 e. The third kappa shape index (κ3) is 4.20. The molecule has 6 heteroatoms. The van der Waals surface area contributed by atoms with Crippen molar-refractivity contribution >= 4 is 29.1 Å². The van der Waals surface area contributed by atoms with E-state index in [-0.39, 0.29) is 6.61 Å². The molecular formula is C27H23NO5. The molecule has 0 saturated carbocycles. The fraction of sp³-hybridized carbons (Fsp3) is 0.185. The first-order chi connectivity index (χ1) is 15.9. The van der Waals surface area contributed by atoms with Crippen LogP contribution in [0.5, 0.6) is 0 Å². The van der Waals surface area contributed by atoms with E-state index in [0.717, 1.165) is 5.56 Å². The van der Waals surface area contributed by atoms with Gasteiger partial charge in [0.2, 0.25) is 5.78 Å². The first-order valence-electron chi connectivity index (χ1n) is 10.7. The molecule has 6 nitrogen and oxygen atoms in total. The lowest BCUT2D eigenvalue weighted by molar-refractivity contribution is -0.135. The molecule has 1 amide bonds. The van der Waals surface area contributed by atoms with Crippen molar-refractivity contribution < 1.29 is 23.9 Å². The van der Waals surface area contributed by atoms with Gasteiger partial charge in [-0.3, -0.25) is 19.3 Å². The zero-order valence-electron chi connectivity index (χ0n) is 18.4. The number of ketones is 2. The van der Waals surface area contributed by atoms with Crippen LogP contribution in [0.15, 0.2) is 78.9 Å². The molecule has 1 saturated heterocycles. The molecule has 1 heterocycles. The second-order valence-electron chi connectivity index (χ2n) is 7.87. The van der Waals surface area contributed by atoms with Crippen LogP contribution in [0.2, 0.25) is 0 Å². The van der Waals surface area contributed by atoms with Crippen molar-refractivity contribution in [2.45, 2.75) is 19.9 Å². The van der Waals surface area contributed by atoms with Crippen LogP contribution in [-0.4, -0.2) is 30.0 Å². The summed E-state index contributed by atoms with van der Waals surface area (Å²) < 4.78 is 5.01. The maximum absolute atomic E-state index is 13.4. The zero-order chi connectivity index (χ0) is 23.5. The third-order valence-corrected chi connectivity index (χ3v) is 5.69. The lowest BCUT2D eigenvalue weighted by Gasteiger charge is -2.27. The minimum Gasteiger partial charge on any atom is -0.462 e. The number of Topliss-reactive ketones (excluding diaryl/α,β-unsaturated/α-hetero) is 2. The van der Waals surface area contributed by atoms with Crippen molar-refractivity contribution in [1.29, 1.82) is 0 Å². The maximum Gasteiger partial charge on any atom is 0.338 e. The first-order valence-corrected chi connectivity index (χ1v) is 10.7. The number of esters is 1. The Labute approximate surface area is 191 Å². The van der Waals surface area contributed by atoms with Crippen molar-refractivity contribution in [3.63, 3.8) is 0 Å². The Hall–Kier alpha value is -4.06. The van der Waals surface area contributed by atoms with Crippen LogP contribution < -0.4 is 4.90 Å². The summed E-state index contributed by atoms with van der Waals surface area (Å²) >= 11 is 0. The highest BCUT2D eigenvalue weighted by Gasteiger charge is 2.52. The summed E-state index contributed by atoms with van der Waals surface area (Å²) in [7, 11) is 0. The van der Waals surface area contributed by atoms with Gasteiger partial charge in [-0.25, -0.2) is 4.79 Å². The highest BCUT2D eigenvalue weighted by atomic mass is 16.5. The highest BCUT2D eigenvalue weighted by molar-refractivity contribution is 6.49. The number of carbonyl (C=O) groups excluding carboxylic acids is 4. The van der Waals surface area contributed by atoms with Gasteiger partial charge in [0.1, 0.15) is 5.92 Å². The number of benzene rings is 3. The predicted octanol–water partition coefficient (Wildman–Crippen LogP) is 4.33. The van der Waals surface area contributed by atoms with Gasteiger partial charge >= 0.3 is 5.97 Å². The summed E-state index contributed by atoms with van der Waals surface area (Å²) in [5.41, 5.74) is 2.78. The molecule has 0 bridgehead atoms. The van der Waals surface area contributed by atoms with E-state index >= 15 is 0 Å². The number of amides is 1. The van der Waals surface area contributed by atoms with Gasteiger partial charge in [0.05, 0.1) is 18.2 Å². The molecule has 1 fully saturated rings. The van der Waals surface area contributed by atoms with Gasteiger partial charge in [-0.05, 0) is 43.7 Å². The molecule has 0 radical (unpaired) electrons. The lowest BCUT2D eigenvalue weighted by atomic mass is 9.86. The minimum atomic E-state index is -1.17. The van der Waals surface area contributed by atoms with Crippen molar-refractivity contribution in [2.24, 2.45) is 5.92 Å². The van der Waals surface area contributed by atoms with E-state index in [0.29, 0.717) is 22.4 Å². The normalized spacial score (nSPS) is 17.8. The fourth-order valence-electron chi connectivity index (χ4n) is 4.16. The number of anilines is 1. The van der Waals surface area contributed by atoms with Crippen molar-refractivity contribution in [1.82, 2.24) is 0 Å². The van der Waals surface area contributed by atoms with Crippen molar-refractivity contribution in [2.75, 3.05) is 11.5 Å². The standard InChI is InChI=1S/C27H23NO5/c1-3-33-27(32)19-12-14-21(15-13-19)28-23(20-11-7-8-17(2)16-20)22(25(30)26(28)31)24(29)18-9-5-4-6-10-18/h4-16,22-23H,3H2,1-2H3. The molecule has 2 unspecified atom stereocenters. The largest absolute Gasteiger partial charge is 0.462 e. The Balaban J connectivity index is 1.80. The number of carbonyl (C=O) groups is 4. The van der Waals surface area contributed by atoms with E-state index < -0.39 is 35.4 Å². The van der Waals surface area contributed by atoms with Crippen molar-refractivity contribution in [3.8, 4) is 0 Å². The van der Waals surface area contributed by atoms with Gasteiger partial charge in [0, 0.05) is 11.3 Å². The van der Waals surface area contributed by atoms with Crippen LogP contribution in [0.4, 0.5) is 5.69 Å². The van der Waals surface area contributed by atoms with E-state index in [1.165, 1.54) is 4.90 Å². The first kappa shape index (κ1) is 22.1. The number of ether oxygens (including phenoxy) is 1. The highest BCUT2D eigenvalue weighted by Crippen LogP contribution is 2.41. The van der Waals surface area contributed by atoms with E-state index in [1.54, 1.807) is 61.5 Å². The summed E-state index contributed by atoms with van der Waals surface area (Å²) in [5.74, 6) is -3.54. The average Bonchev–Trinajstić information content (AvgIpc) is 3.10. The second-order valence-corrected chi connectivity index (χ2v) is 7.87. The summed E-state index contributed by atoms with van der Waals surface area (Å²) in [5, 5.41) is 0. The summed E-state index contributed by atoms with van der Waals surface area (Å²) in [6, 6.07) is 21.4. The lowest BCUT2D eigenvalue weighted by Crippen LogP contribution is -2.30. The van der Waals surface area contributed by atoms with Gasteiger partial charge in [-0.15, -0.1) is 0 Å². The fourth-order valence-corrected chi connectivity index (χ4v) is 4.16. The number of hydrogen-bond acceptors (Lipinski definition) is 5. The van der Waals surface area contributed by atoms with Crippen LogP contribution in [0.25, 0.3) is 0 Å². The number of aryl methyl sites for hydroxylation is 1. The van der Waals surface area contributed by atoms with E-state index in [1.807, 2.05) is 31.2 Å². The molecule has 3 aromatic rings. The predicted molar refractivity (Wildman–Crippen MR) is 123 cm³/mol. The van der Waals surface area contributed by atoms with Gasteiger partial charge in [0.25, 0.3) is 5.91 Å². The average molecular weight is 441 g/mol. The Bertz CT molecular complexity index is 1220.